The van der Waals surface area contributed by atoms with Crippen LogP contribution in [-0.2, 0) is 19.2 Å². The van der Waals surface area contributed by atoms with Crippen molar-refractivity contribution in [3.8, 4) is 0 Å². The number of thioether (sulfide) groups is 1. The number of thiol groups is 1. The first kappa shape index (κ1) is 22.5. The summed E-state index contributed by atoms with van der Waals surface area (Å²) < 4.78 is 0. The molecule has 0 fully saturated rings. The molecule has 0 aliphatic carbocycles. The van der Waals surface area contributed by atoms with E-state index >= 15 is 0 Å². The van der Waals surface area contributed by atoms with Crippen molar-refractivity contribution in [2.45, 2.75) is 31.5 Å². The van der Waals surface area contributed by atoms with Crippen molar-refractivity contribution in [2.24, 2.45) is 5.73 Å². The highest BCUT2D eigenvalue weighted by molar-refractivity contribution is 7.98. The van der Waals surface area contributed by atoms with Crippen LogP contribution >= 0.6 is 24.4 Å². The Morgan fingerprint density at radius 3 is 2.17 bits per heavy atom. The summed E-state index contributed by atoms with van der Waals surface area (Å²) in [6, 6.07) is -2.95. The van der Waals surface area contributed by atoms with E-state index in [0.717, 1.165) is 0 Å². The van der Waals surface area contributed by atoms with E-state index in [0.29, 0.717) is 12.2 Å². The average Bonchev–Trinajstić information content (AvgIpc) is 2.55. The second-order valence-corrected chi connectivity index (χ2v) is 6.27. The van der Waals surface area contributed by atoms with Gasteiger partial charge in [0, 0.05) is 5.75 Å². The van der Waals surface area contributed by atoms with Crippen LogP contribution in [-0.4, -0.2) is 71.2 Å². The fraction of sp³-hybridized carbons (Fsp3) is 0.692. The number of hydrogen-bond donors (Lipinski definition) is 6. The Kier molecular flexibility index (Phi) is 11.3. The molecular formula is C13H24N4O5S2. The van der Waals surface area contributed by atoms with Crippen LogP contribution in [0, 0.1) is 0 Å². The number of aliphatic carboxylic acids is 1. The third-order valence-electron chi connectivity index (χ3n) is 2.99. The predicted molar refractivity (Wildman–Crippen MR) is 95.0 cm³/mol. The lowest BCUT2D eigenvalue weighted by Gasteiger charge is -2.22. The van der Waals surface area contributed by atoms with Crippen molar-refractivity contribution >= 4 is 48.1 Å². The second kappa shape index (κ2) is 12.0. The SMILES string of the molecule is CSCCC(NC(=O)CN)C(=O)NC(CS)C(=O)NC(C)C(=O)O. The Labute approximate surface area is 150 Å². The Morgan fingerprint density at radius 1 is 1.12 bits per heavy atom. The van der Waals surface area contributed by atoms with Crippen LogP contribution in [0.25, 0.3) is 0 Å². The zero-order chi connectivity index (χ0) is 18.7. The lowest BCUT2D eigenvalue weighted by Crippen LogP contribution is -2.56. The molecule has 24 heavy (non-hydrogen) atoms. The molecule has 9 nitrogen and oxygen atoms in total. The number of amides is 3. The Bertz CT molecular complexity index is 464. The highest BCUT2D eigenvalue weighted by atomic mass is 32.2. The molecule has 11 heteroatoms. The summed E-state index contributed by atoms with van der Waals surface area (Å²) in [7, 11) is 0. The minimum atomic E-state index is -1.19. The van der Waals surface area contributed by atoms with Gasteiger partial charge in [-0.1, -0.05) is 0 Å². The summed E-state index contributed by atoms with van der Waals surface area (Å²) in [4.78, 5) is 46.5. The number of nitrogens with two attached hydrogens (primary N) is 1. The van der Waals surface area contributed by atoms with Crippen molar-refractivity contribution in [3.05, 3.63) is 0 Å². The van der Waals surface area contributed by atoms with Gasteiger partial charge >= 0.3 is 5.97 Å². The monoisotopic (exact) mass is 380 g/mol. The molecule has 0 saturated heterocycles. The third kappa shape index (κ3) is 8.41. The molecule has 138 valence electrons. The summed E-state index contributed by atoms with van der Waals surface area (Å²) in [5.74, 6) is -2.30. The van der Waals surface area contributed by atoms with Gasteiger partial charge in [0.15, 0.2) is 0 Å². The minimum Gasteiger partial charge on any atom is -0.480 e. The maximum absolute atomic E-state index is 12.3. The number of rotatable bonds is 11. The molecule has 0 radical (unpaired) electrons. The van der Waals surface area contributed by atoms with Crippen molar-refractivity contribution in [3.63, 3.8) is 0 Å². The topological polar surface area (TPSA) is 151 Å². The van der Waals surface area contributed by atoms with E-state index in [1.807, 2.05) is 6.26 Å². The number of carbonyl (C=O) groups is 4. The zero-order valence-electron chi connectivity index (χ0n) is 13.6. The summed E-state index contributed by atoms with van der Waals surface area (Å²) >= 11 is 5.50. The lowest BCUT2D eigenvalue weighted by molar-refractivity contribution is -0.141. The minimum absolute atomic E-state index is 0.0238. The maximum Gasteiger partial charge on any atom is 0.325 e. The Balaban J connectivity index is 4.84. The van der Waals surface area contributed by atoms with Gasteiger partial charge in [0.2, 0.25) is 17.7 Å². The predicted octanol–water partition coefficient (Wildman–Crippen LogP) is -1.81. The molecule has 0 bridgehead atoms. The van der Waals surface area contributed by atoms with Crippen molar-refractivity contribution in [1.82, 2.24) is 16.0 Å². The first-order valence-corrected chi connectivity index (χ1v) is 9.22. The molecule has 3 atom stereocenters. The van der Waals surface area contributed by atoms with Crippen LogP contribution in [0.2, 0.25) is 0 Å². The van der Waals surface area contributed by atoms with Gasteiger partial charge in [-0.15, -0.1) is 0 Å². The van der Waals surface area contributed by atoms with Crippen molar-refractivity contribution in [2.75, 3.05) is 24.3 Å². The fourth-order valence-electron chi connectivity index (χ4n) is 1.60. The second-order valence-electron chi connectivity index (χ2n) is 4.92. The van der Waals surface area contributed by atoms with Crippen LogP contribution in [0.15, 0.2) is 0 Å². The zero-order valence-corrected chi connectivity index (χ0v) is 15.3. The van der Waals surface area contributed by atoms with Crippen LogP contribution in [0.4, 0.5) is 0 Å². The van der Waals surface area contributed by atoms with Gasteiger partial charge in [-0.3, -0.25) is 19.2 Å². The van der Waals surface area contributed by atoms with Gasteiger partial charge in [-0.05, 0) is 25.4 Å². The molecule has 0 saturated carbocycles. The third-order valence-corrected chi connectivity index (χ3v) is 4.00. The number of nitrogens with one attached hydrogen (secondary N) is 3. The molecule has 0 heterocycles. The van der Waals surface area contributed by atoms with Crippen molar-refractivity contribution in [1.29, 1.82) is 0 Å². The van der Waals surface area contributed by atoms with E-state index < -0.39 is 41.8 Å². The number of carbonyl (C=O) groups excluding carboxylic acids is 3. The summed E-state index contributed by atoms with van der Waals surface area (Å²) in [6.45, 7) is 1.05. The summed E-state index contributed by atoms with van der Waals surface area (Å²) in [5.41, 5.74) is 5.23. The maximum atomic E-state index is 12.3. The molecular weight excluding hydrogens is 356 g/mol. The van der Waals surface area contributed by atoms with Gasteiger partial charge < -0.3 is 26.8 Å². The molecule has 0 rings (SSSR count). The molecule has 0 aromatic rings. The Morgan fingerprint density at radius 2 is 1.71 bits per heavy atom. The van der Waals surface area contributed by atoms with E-state index in [2.05, 4.69) is 28.6 Å². The van der Waals surface area contributed by atoms with E-state index in [1.165, 1.54) is 18.7 Å². The molecule has 0 aliphatic heterocycles. The molecule has 0 aromatic carbocycles. The smallest absolute Gasteiger partial charge is 0.325 e. The summed E-state index contributed by atoms with van der Waals surface area (Å²) in [5, 5.41) is 16.0. The van der Waals surface area contributed by atoms with Gasteiger partial charge in [0.25, 0.3) is 0 Å². The lowest BCUT2D eigenvalue weighted by atomic mass is 10.2. The molecule has 3 amide bonds. The van der Waals surface area contributed by atoms with E-state index in [4.69, 9.17) is 10.8 Å². The fourth-order valence-corrected chi connectivity index (χ4v) is 2.33. The summed E-state index contributed by atoms with van der Waals surface area (Å²) in [6.07, 6.45) is 2.22. The standard InChI is InChI=1S/C13H24N4O5S2/c1-7(13(21)22)15-12(20)9(6-23)17-11(19)8(3-4-24-2)16-10(18)5-14/h7-9,23H,3-6,14H2,1-2H3,(H,15,20)(H,16,18)(H,17,19)(H,21,22). The van der Waals surface area contributed by atoms with Gasteiger partial charge in [0.05, 0.1) is 6.54 Å². The normalized spacial score (nSPS) is 14.2. The van der Waals surface area contributed by atoms with Crippen LogP contribution in [0.1, 0.15) is 13.3 Å². The van der Waals surface area contributed by atoms with Crippen LogP contribution in [0.5, 0.6) is 0 Å². The average molecular weight is 380 g/mol. The first-order chi connectivity index (χ1) is 11.3. The number of hydrogen-bond acceptors (Lipinski definition) is 7. The van der Waals surface area contributed by atoms with Gasteiger partial charge in [-0.25, -0.2) is 0 Å². The van der Waals surface area contributed by atoms with E-state index in [-0.39, 0.29) is 12.3 Å². The highest BCUT2D eigenvalue weighted by Gasteiger charge is 2.27. The van der Waals surface area contributed by atoms with Gasteiger partial charge in [0.1, 0.15) is 18.1 Å². The molecule has 0 aromatic heterocycles. The van der Waals surface area contributed by atoms with Gasteiger partial charge in [-0.2, -0.15) is 24.4 Å². The quantitative estimate of drug-likeness (QED) is 0.231. The van der Waals surface area contributed by atoms with Crippen LogP contribution in [0.3, 0.4) is 0 Å². The molecule has 3 unspecified atom stereocenters. The molecule has 0 spiro atoms. The number of carboxylic acids is 1. The molecule has 0 aliphatic rings. The number of carboxylic acid groups (broad SMARTS) is 1. The van der Waals surface area contributed by atoms with E-state index in [9.17, 15) is 19.2 Å². The van der Waals surface area contributed by atoms with Crippen molar-refractivity contribution < 1.29 is 24.3 Å². The first-order valence-electron chi connectivity index (χ1n) is 7.19. The Hall–Kier alpha value is -1.46. The van der Waals surface area contributed by atoms with E-state index in [1.54, 1.807) is 0 Å². The molecule has 6 N–H and O–H groups in total. The highest BCUT2D eigenvalue weighted by Crippen LogP contribution is 2.02. The van der Waals surface area contributed by atoms with Crippen LogP contribution < -0.4 is 21.7 Å². The largest absolute Gasteiger partial charge is 0.480 e.